The minimum absolute atomic E-state index is 0.207. The van der Waals surface area contributed by atoms with E-state index in [0.717, 1.165) is 16.7 Å². The van der Waals surface area contributed by atoms with Crippen LogP contribution >= 0.6 is 0 Å². The molecule has 4 amide bonds. The summed E-state index contributed by atoms with van der Waals surface area (Å²) < 4.78 is 13.7. The molecule has 0 fully saturated rings. The maximum absolute atomic E-state index is 13.9. The number of nitrogens with zero attached hydrogens (tertiary/aromatic N) is 1. The summed E-state index contributed by atoms with van der Waals surface area (Å²) in [6, 6.07) is 19.4. The second-order valence-electron chi connectivity index (χ2n) is 10.6. The zero-order chi connectivity index (χ0) is 27.4. The third-order valence-corrected chi connectivity index (χ3v) is 6.34. The van der Waals surface area contributed by atoms with Crippen LogP contribution in [0.2, 0.25) is 0 Å². The summed E-state index contributed by atoms with van der Waals surface area (Å²) in [4.78, 5) is 41.3. The zero-order valence-electron chi connectivity index (χ0n) is 22.0. The van der Waals surface area contributed by atoms with Crippen molar-refractivity contribution in [2.45, 2.75) is 51.6 Å². The Kier molecular flexibility index (Phi) is 7.80. The summed E-state index contributed by atoms with van der Waals surface area (Å²) in [6.07, 6.45) is 0.236. The number of para-hydroxylation sites is 1. The van der Waals surface area contributed by atoms with Crippen molar-refractivity contribution in [3.8, 4) is 0 Å². The predicted molar refractivity (Wildman–Crippen MR) is 147 cm³/mol. The molecule has 2 atom stereocenters. The molecule has 0 bridgehead atoms. The van der Waals surface area contributed by atoms with Crippen LogP contribution in [0.4, 0.5) is 20.6 Å². The van der Waals surface area contributed by atoms with Crippen molar-refractivity contribution in [1.82, 2.24) is 10.6 Å². The number of nitrogens with one attached hydrogen (secondary N) is 3. The predicted octanol–water partition coefficient (Wildman–Crippen LogP) is 5.11. The van der Waals surface area contributed by atoms with Crippen LogP contribution in [0.1, 0.15) is 49.8 Å². The number of rotatable bonds is 5. The lowest BCUT2D eigenvalue weighted by molar-refractivity contribution is -0.125. The Labute approximate surface area is 222 Å². The molecule has 0 aromatic heterocycles. The lowest BCUT2D eigenvalue weighted by atomic mass is 9.86. The highest BCUT2D eigenvalue weighted by atomic mass is 19.1. The van der Waals surface area contributed by atoms with E-state index in [4.69, 9.17) is 0 Å². The van der Waals surface area contributed by atoms with Crippen molar-refractivity contribution in [2.75, 3.05) is 16.8 Å². The number of carbonyl (C=O) groups excluding carboxylic acids is 3. The number of amides is 4. The van der Waals surface area contributed by atoms with Gasteiger partial charge in [0.1, 0.15) is 18.4 Å². The number of benzene rings is 3. The van der Waals surface area contributed by atoms with Gasteiger partial charge in [-0.25, -0.2) is 9.18 Å². The molecule has 2 unspecified atom stereocenters. The quantitative estimate of drug-likeness (QED) is 0.440. The highest BCUT2D eigenvalue weighted by Gasteiger charge is 2.37. The molecule has 0 spiro atoms. The number of anilines is 2. The Bertz CT molecular complexity index is 1320. The molecule has 0 saturated heterocycles. The molecule has 3 aromatic rings. The largest absolute Gasteiger partial charge is 0.350 e. The summed E-state index contributed by atoms with van der Waals surface area (Å²) in [7, 11) is 0. The second-order valence-corrected chi connectivity index (χ2v) is 10.6. The van der Waals surface area contributed by atoms with E-state index in [1.54, 1.807) is 36.4 Å². The Morgan fingerprint density at radius 2 is 1.63 bits per heavy atom. The van der Waals surface area contributed by atoms with Gasteiger partial charge < -0.3 is 20.9 Å². The van der Waals surface area contributed by atoms with Gasteiger partial charge in [-0.05, 0) is 75.6 Å². The molecule has 1 aliphatic rings. The van der Waals surface area contributed by atoms with Crippen LogP contribution < -0.4 is 20.9 Å². The van der Waals surface area contributed by atoms with Crippen LogP contribution in [-0.2, 0) is 9.59 Å². The van der Waals surface area contributed by atoms with E-state index < -0.39 is 23.5 Å². The first-order chi connectivity index (χ1) is 18.0. The number of carbonyl (C=O) groups is 3. The topological polar surface area (TPSA) is 90.5 Å². The van der Waals surface area contributed by atoms with Crippen LogP contribution in [0.3, 0.4) is 0 Å². The molecule has 3 N–H and O–H groups in total. The minimum atomic E-state index is -0.940. The minimum Gasteiger partial charge on any atom is -0.350 e. The Morgan fingerprint density at radius 3 is 2.29 bits per heavy atom. The van der Waals surface area contributed by atoms with Gasteiger partial charge in [0, 0.05) is 22.8 Å². The van der Waals surface area contributed by atoms with Crippen LogP contribution in [0.5, 0.6) is 0 Å². The van der Waals surface area contributed by atoms with E-state index in [0.29, 0.717) is 11.4 Å². The molecule has 8 heteroatoms. The Balaban J connectivity index is 1.69. The SMILES string of the molecule is Cc1ccc(NC(=O)NC2CC(c3ccc(F)cc3)c3ccccc3N(CC(=O)NC(C)(C)C)C2=O)cc1. The third kappa shape index (κ3) is 6.56. The van der Waals surface area contributed by atoms with Gasteiger partial charge in [0.25, 0.3) is 0 Å². The number of hydrogen-bond acceptors (Lipinski definition) is 3. The molecule has 0 radical (unpaired) electrons. The molecule has 198 valence electrons. The summed E-state index contributed by atoms with van der Waals surface area (Å²) in [6.45, 7) is 7.35. The lowest BCUT2D eigenvalue weighted by Gasteiger charge is -2.28. The lowest BCUT2D eigenvalue weighted by Crippen LogP contribution is -2.53. The first-order valence-electron chi connectivity index (χ1n) is 12.6. The third-order valence-electron chi connectivity index (χ3n) is 6.34. The van der Waals surface area contributed by atoms with Gasteiger partial charge in [0.05, 0.1) is 0 Å². The number of halogens is 1. The van der Waals surface area contributed by atoms with E-state index in [1.165, 1.54) is 17.0 Å². The molecule has 1 heterocycles. The average molecular weight is 517 g/mol. The van der Waals surface area contributed by atoms with E-state index >= 15 is 0 Å². The number of urea groups is 1. The number of aryl methyl sites for hydroxylation is 1. The maximum Gasteiger partial charge on any atom is 0.319 e. The number of hydrogen-bond donors (Lipinski definition) is 3. The normalized spacial score (nSPS) is 17.3. The molecular formula is C30H33FN4O3. The molecule has 0 saturated carbocycles. The fraction of sp³-hybridized carbons (Fsp3) is 0.300. The van der Waals surface area contributed by atoms with Crippen molar-refractivity contribution < 1.29 is 18.8 Å². The van der Waals surface area contributed by atoms with Crippen molar-refractivity contribution >= 4 is 29.2 Å². The van der Waals surface area contributed by atoms with Gasteiger partial charge in [-0.2, -0.15) is 0 Å². The van der Waals surface area contributed by atoms with Gasteiger partial charge in [-0.1, -0.05) is 48.0 Å². The fourth-order valence-electron chi connectivity index (χ4n) is 4.66. The molecular weight excluding hydrogens is 483 g/mol. The standard InChI is InChI=1S/C30H33FN4O3/c1-19-9-15-22(16-10-19)32-29(38)33-25-17-24(20-11-13-21(31)14-12-20)23-7-5-6-8-26(23)35(28(25)37)18-27(36)34-30(2,3)4/h5-16,24-25H,17-18H2,1-4H3,(H,34,36)(H2,32,33,38). The average Bonchev–Trinajstić information content (AvgIpc) is 2.96. The van der Waals surface area contributed by atoms with Gasteiger partial charge in [-0.3, -0.25) is 9.59 Å². The fourth-order valence-corrected chi connectivity index (χ4v) is 4.66. The van der Waals surface area contributed by atoms with Crippen LogP contribution in [0.25, 0.3) is 0 Å². The number of fused-ring (bicyclic) bond motifs is 1. The van der Waals surface area contributed by atoms with Crippen molar-refractivity contribution in [1.29, 1.82) is 0 Å². The summed E-state index contributed by atoms with van der Waals surface area (Å²) in [5, 5.41) is 8.51. The highest BCUT2D eigenvalue weighted by Crippen LogP contribution is 2.39. The summed E-state index contributed by atoms with van der Waals surface area (Å²) >= 11 is 0. The van der Waals surface area contributed by atoms with E-state index in [1.807, 2.05) is 52.0 Å². The highest BCUT2D eigenvalue weighted by molar-refractivity contribution is 6.05. The van der Waals surface area contributed by atoms with E-state index in [9.17, 15) is 18.8 Å². The molecule has 0 aliphatic carbocycles. The van der Waals surface area contributed by atoms with Crippen molar-refractivity contribution in [3.05, 3.63) is 95.3 Å². The van der Waals surface area contributed by atoms with Gasteiger partial charge in [0.15, 0.2) is 0 Å². The van der Waals surface area contributed by atoms with Crippen molar-refractivity contribution in [3.63, 3.8) is 0 Å². The molecule has 7 nitrogen and oxygen atoms in total. The van der Waals surface area contributed by atoms with Crippen molar-refractivity contribution in [2.24, 2.45) is 0 Å². The van der Waals surface area contributed by atoms with Gasteiger partial charge in [0.2, 0.25) is 11.8 Å². The second kappa shape index (κ2) is 11.0. The Hall–Kier alpha value is -4.20. The first kappa shape index (κ1) is 26.9. The smallest absolute Gasteiger partial charge is 0.319 e. The van der Waals surface area contributed by atoms with Crippen LogP contribution in [-0.4, -0.2) is 36.0 Å². The Morgan fingerprint density at radius 1 is 0.974 bits per heavy atom. The molecule has 4 rings (SSSR count). The first-order valence-corrected chi connectivity index (χ1v) is 12.6. The van der Waals surface area contributed by atoms with E-state index in [2.05, 4.69) is 16.0 Å². The molecule has 38 heavy (non-hydrogen) atoms. The molecule has 1 aliphatic heterocycles. The van der Waals surface area contributed by atoms with E-state index in [-0.39, 0.29) is 30.6 Å². The van der Waals surface area contributed by atoms with Gasteiger partial charge >= 0.3 is 6.03 Å². The summed E-state index contributed by atoms with van der Waals surface area (Å²) in [5.41, 5.74) is 3.37. The monoisotopic (exact) mass is 516 g/mol. The van der Waals surface area contributed by atoms with Crippen LogP contribution in [0, 0.1) is 12.7 Å². The summed E-state index contributed by atoms with van der Waals surface area (Å²) in [5.74, 6) is -1.40. The van der Waals surface area contributed by atoms with Crippen LogP contribution in [0.15, 0.2) is 72.8 Å². The molecule has 3 aromatic carbocycles. The maximum atomic E-state index is 13.9. The van der Waals surface area contributed by atoms with Gasteiger partial charge in [-0.15, -0.1) is 0 Å². The zero-order valence-corrected chi connectivity index (χ0v) is 22.0.